The van der Waals surface area contributed by atoms with Crippen LogP contribution >= 0.6 is 34.9 Å². The summed E-state index contributed by atoms with van der Waals surface area (Å²) in [6.45, 7) is 0.602. The Balaban J connectivity index is 2.43. The standard InChI is InChI=1S/C6H6ClNOS2/c7-5-1-3-4(9)2-8-11-6(3)10-5/h1,4,8-9H,2H2. The highest BCUT2D eigenvalue weighted by Gasteiger charge is 2.20. The van der Waals surface area contributed by atoms with Gasteiger partial charge in [0.2, 0.25) is 0 Å². The van der Waals surface area contributed by atoms with Crippen LogP contribution in [0.25, 0.3) is 0 Å². The molecule has 2 N–H and O–H groups in total. The zero-order chi connectivity index (χ0) is 7.84. The molecule has 1 aliphatic rings. The number of aliphatic hydroxyl groups is 1. The zero-order valence-electron chi connectivity index (χ0n) is 5.50. The highest BCUT2D eigenvalue weighted by atomic mass is 35.5. The summed E-state index contributed by atoms with van der Waals surface area (Å²) in [5.74, 6) is 0. The molecule has 0 aromatic carbocycles. The predicted molar refractivity (Wildman–Crippen MR) is 48.1 cm³/mol. The van der Waals surface area contributed by atoms with Gasteiger partial charge < -0.3 is 5.11 Å². The number of thiophene rings is 1. The molecule has 0 saturated carbocycles. The predicted octanol–water partition coefficient (Wildman–Crippen LogP) is 2.05. The van der Waals surface area contributed by atoms with Gasteiger partial charge in [0.05, 0.1) is 14.6 Å². The van der Waals surface area contributed by atoms with Gasteiger partial charge in [-0.05, 0) is 18.0 Å². The fraction of sp³-hybridized carbons (Fsp3) is 0.333. The third kappa shape index (κ3) is 1.41. The Morgan fingerprint density at radius 3 is 3.27 bits per heavy atom. The van der Waals surface area contributed by atoms with Crippen LogP contribution in [0.1, 0.15) is 11.7 Å². The molecule has 60 valence electrons. The molecule has 0 aliphatic carbocycles. The molecule has 1 aromatic heterocycles. The van der Waals surface area contributed by atoms with Crippen molar-refractivity contribution in [1.29, 1.82) is 0 Å². The van der Waals surface area contributed by atoms with Gasteiger partial charge in [-0.15, -0.1) is 11.3 Å². The summed E-state index contributed by atoms with van der Waals surface area (Å²) < 4.78 is 4.84. The summed E-state index contributed by atoms with van der Waals surface area (Å²) in [5, 5.41) is 9.45. The van der Waals surface area contributed by atoms with E-state index in [0.717, 1.165) is 14.1 Å². The van der Waals surface area contributed by atoms with E-state index in [2.05, 4.69) is 4.72 Å². The summed E-state index contributed by atoms with van der Waals surface area (Å²) >= 11 is 8.82. The first kappa shape index (κ1) is 7.89. The molecule has 1 aromatic rings. The van der Waals surface area contributed by atoms with Crippen molar-refractivity contribution < 1.29 is 5.11 Å². The van der Waals surface area contributed by atoms with Crippen molar-refractivity contribution in [2.75, 3.05) is 6.54 Å². The Hall–Kier alpha value is 0.260. The van der Waals surface area contributed by atoms with E-state index in [1.54, 1.807) is 0 Å². The Bertz CT molecular complexity index is 276. The van der Waals surface area contributed by atoms with E-state index in [1.807, 2.05) is 6.07 Å². The second kappa shape index (κ2) is 2.95. The van der Waals surface area contributed by atoms with Crippen molar-refractivity contribution in [3.8, 4) is 0 Å². The average molecular weight is 208 g/mol. The first-order chi connectivity index (χ1) is 5.27. The van der Waals surface area contributed by atoms with Crippen molar-refractivity contribution >= 4 is 34.9 Å². The number of fused-ring (bicyclic) bond motifs is 1. The molecule has 1 unspecified atom stereocenters. The summed E-state index contributed by atoms with van der Waals surface area (Å²) in [6.07, 6.45) is -0.394. The lowest BCUT2D eigenvalue weighted by molar-refractivity contribution is 0.178. The lowest BCUT2D eigenvalue weighted by Gasteiger charge is -2.16. The number of aliphatic hydroxyl groups excluding tert-OH is 1. The number of hydrogen-bond acceptors (Lipinski definition) is 4. The summed E-state index contributed by atoms with van der Waals surface area (Å²) in [7, 11) is 0. The number of β-amino-alcohol motifs (C(OH)–C–C–N with tert-alkyl or cyclic N) is 1. The van der Waals surface area contributed by atoms with Gasteiger partial charge in [0.25, 0.3) is 0 Å². The van der Waals surface area contributed by atoms with E-state index in [-0.39, 0.29) is 0 Å². The SMILES string of the molecule is OC1CNSc2sc(Cl)cc21. The van der Waals surface area contributed by atoms with E-state index in [1.165, 1.54) is 23.3 Å². The fourth-order valence-electron chi connectivity index (χ4n) is 0.966. The summed E-state index contributed by atoms with van der Waals surface area (Å²) in [4.78, 5) is 0. The van der Waals surface area contributed by atoms with Gasteiger partial charge in [-0.1, -0.05) is 11.6 Å². The minimum absolute atomic E-state index is 0.394. The molecule has 0 spiro atoms. The minimum atomic E-state index is -0.394. The zero-order valence-corrected chi connectivity index (χ0v) is 7.89. The van der Waals surface area contributed by atoms with E-state index in [0.29, 0.717) is 6.54 Å². The molecule has 1 aliphatic heterocycles. The Labute approximate surface area is 77.7 Å². The maximum Gasteiger partial charge on any atom is 0.0944 e. The minimum Gasteiger partial charge on any atom is -0.387 e. The van der Waals surface area contributed by atoms with Gasteiger partial charge in [0.1, 0.15) is 0 Å². The smallest absolute Gasteiger partial charge is 0.0944 e. The molecule has 2 heterocycles. The highest BCUT2D eigenvalue weighted by Crippen LogP contribution is 2.39. The van der Waals surface area contributed by atoms with Crippen LogP contribution in [0, 0.1) is 0 Å². The molecule has 0 amide bonds. The highest BCUT2D eigenvalue weighted by molar-refractivity contribution is 7.99. The molecule has 0 radical (unpaired) electrons. The second-order valence-electron chi connectivity index (χ2n) is 2.26. The lowest BCUT2D eigenvalue weighted by Crippen LogP contribution is -2.19. The normalized spacial score (nSPS) is 23.3. The van der Waals surface area contributed by atoms with Crippen LogP contribution in [0.3, 0.4) is 0 Å². The van der Waals surface area contributed by atoms with E-state index < -0.39 is 6.10 Å². The molecule has 2 nitrogen and oxygen atoms in total. The molecule has 1 atom stereocenters. The van der Waals surface area contributed by atoms with E-state index >= 15 is 0 Å². The van der Waals surface area contributed by atoms with E-state index in [9.17, 15) is 5.11 Å². The van der Waals surface area contributed by atoms with Gasteiger partial charge in [-0.25, -0.2) is 0 Å². The summed E-state index contributed by atoms with van der Waals surface area (Å²) in [6, 6.07) is 1.83. The number of nitrogens with one attached hydrogen (secondary N) is 1. The molecule has 0 fully saturated rings. The summed E-state index contributed by atoms with van der Waals surface area (Å²) in [5.41, 5.74) is 0.962. The largest absolute Gasteiger partial charge is 0.387 e. The Morgan fingerprint density at radius 2 is 2.55 bits per heavy atom. The van der Waals surface area contributed by atoms with Crippen molar-refractivity contribution in [3.63, 3.8) is 0 Å². The molecule has 2 rings (SSSR count). The van der Waals surface area contributed by atoms with Gasteiger partial charge in [0, 0.05) is 12.1 Å². The Kier molecular flexibility index (Phi) is 2.12. The van der Waals surface area contributed by atoms with Gasteiger partial charge in [0.15, 0.2) is 0 Å². The van der Waals surface area contributed by atoms with Gasteiger partial charge in [-0.3, -0.25) is 4.72 Å². The maximum absolute atomic E-state index is 9.45. The van der Waals surface area contributed by atoms with Crippen molar-refractivity contribution in [1.82, 2.24) is 4.72 Å². The molecule has 0 bridgehead atoms. The van der Waals surface area contributed by atoms with Crippen LogP contribution in [-0.4, -0.2) is 11.7 Å². The fourth-order valence-corrected chi connectivity index (χ4v) is 3.43. The van der Waals surface area contributed by atoms with Crippen LogP contribution in [0.15, 0.2) is 10.3 Å². The van der Waals surface area contributed by atoms with Crippen molar-refractivity contribution in [2.24, 2.45) is 0 Å². The average Bonchev–Trinajstić information content (AvgIpc) is 2.31. The second-order valence-corrected chi connectivity index (χ2v) is 5.10. The number of hydrogen-bond donors (Lipinski definition) is 2. The van der Waals surface area contributed by atoms with Crippen LogP contribution in [-0.2, 0) is 0 Å². The quantitative estimate of drug-likeness (QED) is 0.639. The van der Waals surface area contributed by atoms with E-state index in [4.69, 9.17) is 11.6 Å². The maximum atomic E-state index is 9.45. The molecule has 0 saturated heterocycles. The first-order valence-electron chi connectivity index (χ1n) is 3.14. The number of rotatable bonds is 0. The van der Waals surface area contributed by atoms with Gasteiger partial charge >= 0.3 is 0 Å². The van der Waals surface area contributed by atoms with Crippen LogP contribution < -0.4 is 4.72 Å². The first-order valence-corrected chi connectivity index (χ1v) is 5.15. The van der Waals surface area contributed by atoms with Crippen LogP contribution in [0.5, 0.6) is 0 Å². The molecular formula is C6H6ClNOS2. The molecule has 5 heteroatoms. The van der Waals surface area contributed by atoms with Crippen LogP contribution in [0.4, 0.5) is 0 Å². The third-order valence-electron chi connectivity index (χ3n) is 1.50. The lowest BCUT2D eigenvalue weighted by atomic mass is 10.2. The van der Waals surface area contributed by atoms with Gasteiger partial charge in [-0.2, -0.15) is 0 Å². The molecule has 11 heavy (non-hydrogen) atoms. The third-order valence-corrected chi connectivity index (χ3v) is 3.80. The topological polar surface area (TPSA) is 32.3 Å². The Morgan fingerprint density at radius 1 is 1.73 bits per heavy atom. The number of halogens is 1. The van der Waals surface area contributed by atoms with Crippen molar-refractivity contribution in [2.45, 2.75) is 10.3 Å². The van der Waals surface area contributed by atoms with Crippen LogP contribution in [0.2, 0.25) is 4.34 Å². The van der Waals surface area contributed by atoms with Crippen molar-refractivity contribution in [3.05, 3.63) is 16.0 Å². The molecular weight excluding hydrogens is 202 g/mol. The monoisotopic (exact) mass is 207 g/mol.